The number of hydrogen-bond donors (Lipinski definition) is 3. The van der Waals surface area contributed by atoms with Gasteiger partial charge in [0.05, 0.1) is 19.3 Å². The molecular weight excluding hydrogens is 282 g/mol. The zero-order valence-electron chi connectivity index (χ0n) is 12.2. The van der Waals surface area contributed by atoms with Crippen LogP contribution in [-0.4, -0.2) is 34.7 Å². The van der Waals surface area contributed by atoms with Gasteiger partial charge < -0.3 is 16.4 Å². The third kappa shape index (κ3) is 4.71. The van der Waals surface area contributed by atoms with E-state index in [9.17, 15) is 9.59 Å². The second-order valence-electron chi connectivity index (χ2n) is 4.70. The van der Waals surface area contributed by atoms with Gasteiger partial charge in [-0.05, 0) is 12.0 Å². The molecule has 0 radical (unpaired) electrons. The van der Waals surface area contributed by atoms with Crippen LogP contribution in [0.2, 0.25) is 0 Å². The van der Waals surface area contributed by atoms with Crippen molar-refractivity contribution in [1.29, 1.82) is 0 Å². The van der Waals surface area contributed by atoms with E-state index in [-0.39, 0.29) is 24.9 Å². The van der Waals surface area contributed by atoms with Crippen LogP contribution in [0.1, 0.15) is 5.56 Å². The first-order valence-corrected chi connectivity index (χ1v) is 7.01. The van der Waals surface area contributed by atoms with Crippen molar-refractivity contribution in [3.8, 4) is 0 Å². The van der Waals surface area contributed by atoms with Gasteiger partial charge in [0.2, 0.25) is 11.8 Å². The number of nitrogens with zero attached hydrogens (tertiary/aromatic N) is 2. The number of carbonyl (C=O) groups is 2. The van der Waals surface area contributed by atoms with Crippen LogP contribution >= 0.6 is 0 Å². The summed E-state index contributed by atoms with van der Waals surface area (Å²) < 4.78 is 1.72. The number of aromatic nitrogens is 2. The molecule has 22 heavy (non-hydrogen) atoms. The molecule has 7 nitrogen and oxygen atoms in total. The van der Waals surface area contributed by atoms with Crippen LogP contribution in [0.25, 0.3) is 0 Å². The standard InChI is InChI=1S/C15H19N5O2/c16-10-14(21)17-11-15(22)19-13-6-8-18-20(13)9-7-12-4-2-1-3-5-12/h1-6,8H,7,9-11,16H2,(H,17,21)(H,19,22). The summed E-state index contributed by atoms with van der Waals surface area (Å²) in [5, 5.41) is 9.32. The van der Waals surface area contributed by atoms with Crippen LogP contribution in [0, 0.1) is 0 Å². The van der Waals surface area contributed by atoms with E-state index in [4.69, 9.17) is 5.73 Å². The average molecular weight is 301 g/mol. The second-order valence-corrected chi connectivity index (χ2v) is 4.70. The Balaban J connectivity index is 1.86. The first-order valence-electron chi connectivity index (χ1n) is 7.01. The fraction of sp³-hybridized carbons (Fsp3) is 0.267. The van der Waals surface area contributed by atoms with E-state index in [2.05, 4.69) is 15.7 Å². The smallest absolute Gasteiger partial charge is 0.244 e. The summed E-state index contributed by atoms with van der Waals surface area (Å²) in [4.78, 5) is 22.8. The molecule has 116 valence electrons. The topological polar surface area (TPSA) is 102 Å². The van der Waals surface area contributed by atoms with E-state index in [1.54, 1.807) is 16.9 Å². The molecule has 0 spiro atoms. The van der Waals surface area contributed by atoms with Gasteiger partial charge >= 0.3 is 0 Å². The number of carbonyl (C=O) groups excluding carboxylic acids is 2. The highest BCUT2D eigenvalue weighted by Crippen LogP contribution is 2.08. The third-order valence-corrected chi connectivity index (χ3v) is 3.07. The van der Waals surface area contributed by atoms with Crippen molar-refractivity contribution in [2.24, 2.45) is 5.73 Å². The number of nitrogens with two attached hydrogens (primary N) is 1. The summed E-state index contributed by atoms with van der Waals surface area (Å²) in [7, 11) is 0. The van der Waals surface area contributed by atoms with Crippen molar-refractivity contribution in [2.45, 2.75) is 13.0 Å². The van der Waals surface area contributed by atoms with E-state index in [0.29, 0.717) is 12.4 Å². The van der Waals surface area contributed by atoms with Crippen molar-refractivity contribution >= 4 is 17.6 Å². The molecule has 2 amide bonds. The van der Waals surface area contributed by atoms with Crippen molar-refractivity contribution in [3.63, 3.8) is 0 Å². The predicted molar refractivity (Wildman–Crippen MR) is 83.1 cm³/mol. The molecule has 1 heterocycles. The normalized spacial score (nSPS) is 10.2. The van der Waals surface area contributed by atoms with Crippen LogP contribution < -0.4 is 16.4 Å². The minimum Gasteiger partial charge on any atom is -0.346 e. The summed E-state index contributed by atoms with van der Waals surface area (Å²) in [6.45, 7) is 0.407. The highest BCUT2D eigenvalue weighted by atomic mass is 16.2. The SMILES string of the molecule is NCC(=O)NCC(=O)Nc1ccnn1CCc1ccccc1. The van der Waals surface area contributed by atoms with Crippen LogP contribution in [0.4, 0.5) is 5.82 Å². The molecule has 1 aromatic heterocycles. The Hall–Kier alpha value is -2.67. The van der Waals surface area contributed by atoms with Crippen LogP contribution in [-0.2, 0) is 22.6 Å². The van der Waals surface area contributed by atoms with E-state index in [1.165, 1.54) is 5.56 Å². The lowest BCUT2D eigenvalue weighted by Gasteiger charge is -2.09. The summed E-state index contributed by atoms with van der Waals surface area (Å²) in [5.74, 6) is -0.0843. The third-order valence-electron chi connectivity index (χ3n) is 3.07. The number of aryl methyl sites for hydroxylation is 2. The Morgan fingerprint density at radius 2 is 1.91 bits per heavy atom. The molecule has 0 bridgehead atoms. The monoisotopic (exact) mass is 301 g/mol. The fourth-order valence-corrected chi connectivity index (χ4v) is 1.93. The number of nitrogens with one attached hydrogen (secondary N) is 2. The maximum absolute atomic E-state index is 11.7. The molecule has 0 aliphatic heterocycles. The molecule has 0 saturated heterocycles. The van der Waals surface area contributed by atoms with E-state index in [1.807, 2.05) is 30.3 Å². The zero-order valence-corrected chi connectivity index (χ0v) is 12.2. The van der Waals surface area contributed by atoms with E-state index < -0.39 is 0 Å². The van der Waals surface area contributed by atoms with Gasteiger partial charge in [0.25, 0.3) is 0 Å². The largest absolute Gasteiger partial charge is 0.346 e. The van der Waals surface area contributed by atoms with Crippen molar-refractivity contribution < 1.29 is 9.59 Å². The van der Waals surface area contributed by atoms with Crippen LogP contribution in [0.15, 0.2) is 42.6 Å². The highest BCUT2D eigenvalue weighted by molar-refractivity contribution is 5.94. The van der Waals surface area contributed by atoms with Gasteiger partial charge in [0.1, 0.15) is 5.82 Å². The Labute approximate surface area is 128 Å². The first-order chi connectivity index (χ1) is 10.7. The molecule has 0 aliphatic carbocycles. The lowest BCUT2D eigenvalue weighted by Crippen LogP contribution is -2.36. The molecule has 7 heteroatoms. The Kier molecular flexibility index (Phi) is 5.67. The molecule has 0 saturated carbocycles. The maximum atomic E-state index is 11.7. The molecule has 1 aromatic carbocycles. The predicted octanol–water partition coefficient (Wildman–Crippen LogP) is 0.139. The van der Waals surface area contributed by atoms with Gasteiger partial charge in [0, 0.05) is 12.6 Å². The molecule has 4 N–H and O–H groups in total. The zero-order chi connectivity index (χ0) is 15.8. The van der Waals surface area contributed by atoms with Crippen molar-refractivity contribution in [2.75, 3.05) is 18.4 Å². The molecule has 0 aliphatic rings. The highest BCUT2D eigenvalue weighted by Gasteiger charge is 2.08. The number of rotatable bonds is 7. The number of hydrogen-bond acceptors (Lipinski definition) is 4. The molecule has 2 aromatic rings. The van der Waals surface area contributed by atoms with E-state index >= 15 is 0 Å². The minimum absolute atomic E-state index is 0.111. The van der Waals surface area contributed by atoms with Crippen molar-refractivity contribution in [3.05, 3.63) is 48.2 Å². The van der Waals surface area contributed by atoms with Gasteiger partial charge in [-0.3, -0.25) is 9.59 Å². The summed E-state index contributed by atoms with van der Waals surface area (Å²) >= 11 is 0. The molecule has 0 fully saturated rings. The number of anilines is 1. The minimum atomic E-state index is -0.368. The van der Waals surface area contributed by atoms with Gasteiger partial charge in [-0.2, -0.15) is 5.10 Å². The van der Waals surface area contributed by atoms with Gasteiger partial charge in [-0.25, -0.2) is 4.68 Å². The van der Waals surface area contributed by atoms with Crippen LogP contribution in [0.3, 0.4) is 0 Å². The van der Waals surface area contributed by atoms with Gasteiger partial charge in [-0.15, -0.1) is 0 Å². The van der Waals surface area contributed by atoms with Crippen LogP contribution in [0.5, 0.6) is 0 Å². The summed E-state index contributed by atoms with van der Waals surface area (Å²) in [5.41, 5.74) is 6.35. The van der Waals surface area contributed by atoms with Gasteiger partial charge in [0.15, 0.2) is 0 Å². The lowest BCUT2D eigenvalue weighted by molar-refractivity contribution is -0.123. The number of benzene rings is 1. The molecule has 2 rings (SSSR count). The molecular formula is C15H19N5O2. The maximum Gasteiger partial charge on any atom is 0.244 e. The van der Waals surface area contributed by atoms with E-state index in [0.717, 1.165) is 6.42 Å². The number of amides is 2. The Morgan fingerprint density at radius 1 is 1.14 bits per heavy atom. The van der Waals surface area contributed by atoms with Gasteiger partial charge in [-0.1, -0.05) is 30.3 Å². The Bertz CT molecular complexity index is 624. The molecule has 0 atom stereocenters. The lowest BCUT2D eigenvalue weighted by atomic mass is 10.1. The molecule has 0 unspecified atom stereocenters. The average Bonchev–Trinajstić information content (AvgIpc) is 2.98. The Morgan fingerprint density at radius 3 is 2.64 bits per heavy atom. The fourth-order valence-electron chi connectivity index (χ4n) is 1.93. The second kappa shape index (κ2) is 7.94. The summed E-state index contributed by atoms with van der Waals surface area (Å²) in [6, 6.07) is 11.8. The quantitative estimate of drug-likeness (QED) is 0.677. The first kappa shape index (κ1) is 15.7. The van der Waals surface area contributed by atoms with Crippen molar-refractivity contribution in [1.82, 2.24) is 15.1 Å². The summed E-state index contributed by atoms with van der Waals surface area (Å²) in [6.07, 6.45) is 2.44.